The largest absolute Gasteiger partial charge is 0.508 e. The molecule has 5 nitrogen and oxygen atoms in total. The average molecular weight is 350 g/mol. The summed E-state index contributed by atoms with van der Waals surface area (Å²) in [7, 11) is -4.46. The molecule has 130 valence electrons. The number of aromatic hydroxyl groups is 1. The van der Waals surface area contributed by atoms with Gasteiger partial charge in [0.15, 0.2) is 5.75 Å². The van der Waals surface area contributed by atoms with E-state index in [1.807, 2.05) is 0 Å². The highest BCUT2D eigenvalue weighted by molar-refractivity contribution is 7.86. The van der Waals surface area contributed by atoms with Crippen molar-refractivity contribution in [1.82, 2.24) is 0 Å². The monoisotopic (exact) mass is 350 g/mol. The van der Waals surface area contributed by atoms with Gasteiger partial charge in [0.05, 0.1) is 0 Å². The van der Waals surface area contributed by atoms with Crippen molar-refractivity contribution in [3.63, 3.8) is 0 Å². The molecule has 0 aliphatic heterocycles. The minimum Gasteiger partial charge on any atom is -0.508 e. The van der Waals surface area contributed by atoms with Crippen molar-refractivity contribution in [3.05, 3.63) is 48.0 Å². The Balaban J connectivity index is 2.32. The summed E-state index contributed by atoms with van der Waals surface area (Å²) in [6, 6.07) is 11.1. The molecule has 0 aliphatic rings. The topological polar surface area (TPSA) is 83.8 Å². The van der Waals surface area contributed by atoms with E-state index in [0.717, 1.165) is 25.7 Å². The first-order valence-electron chi connectivity index (χ1n) is 7.98. The zero-order chi connectivity index (χ0) is 17.6. The fourth-order valence-corrected chi connectivity index (χ4v) is 3.08. The van der Waals surface area contributed by atoms with E-state index in [9.17, 15) is 18.1 Å². The lowest BCUT2D eigenvalue weighted by molar-refractivity contribution is 0.433. The van der Waals surface area contributed by atoms with Gasteiger partial charge in [-0.1, -0.05) is 44.4 Å². The minimum atomic E-state index is -4.46. The number of phenols is 1. The van der Waals surface area contributed by atoms with E-state index in [0.29, 0.717) is 17.7 Å². The molecule has 2 rings (SSSR count). The molecule has 24 heavy (non-hydrogen) atoms. The summed E-state index contributed by atoms with van der Waals surface area (Å²) in [5.74, 6) is 0.279. The number of hydrogen-bond acceptors (Lipinski definition) is 4. The van der Waals surface area contributed by atoms with E-state index in [-0.39, 0.29) is 16.4 Å². The molecule has 0 aliphatic carbocycles. The maximum absolute atomic E-state index is 11.7. The van der Waals surface area contributed by atoms with Gasteiger partial charge in [0.2, 0.25) is 0 Å². The second kappa shape index (κ2) is 8.17. The Morgan fingerprint density at radius 2 is 1.75 bits per heavy atom. The van der Waals surface area contributed by atoms with Gasteiger partial charge in [0.1, 0.15) is 16.4 Å². The summed E-state index contributed by atoms with van der Waals surface area (Å²) in [6.07, 6.45) is 4.55. The summed E-state index contributed by atoms with van der Waals surface area (Å²) in [4.78, 5) is -0.338. The zero-order valence-electron chi connectivity index (χ0n) is 13.6. The maximum atomic E-state index is 11.7. The van der Waals surface area contributed by atoms with E-state index in [4.69, 9.17) is 4.74 Å². The van der Waals surface area contributed by atoms with Crippen molar-refractivity contribution in [2.45, 2.75) is 43.9 Å². The van der Waals surface area contributed by atoms with Gasteiger partial charge in [0, 0.05) is 6.07 Å². The molecule has 6 heteroatoms. The zero-order valence-corrected chi connectivity index (χ0v) is 14.4. The Hall–Kier alpha value is -2.05. The van der Waals surface area contributed by atoms with Crippen molar-refractivity contribution >= 4 is 10.1 Å². The number of rotatable bonds is 8. The average Bonchev–Trinajstić information content (AvgIpc) is 2.53. The number of aryl methyl sites for hydroxylation is 1. The normalized spacial score (nSPS) is 11.4. The van der Waals surface area contributed by atoms with Gasteiger partial charge in [-0.3, -0.25) is 4.55 Å². The molecular weight excluding hydrogens is 328 g/mol. The molecule has 0 saturated heterocycles. The van der Waals surface area contributed by atoms with Crippen molar-refractivity contribution < 1.29 is 22.8 Å². The Labute approximate surface area is 142 Å². The molecule has 0 atom stereocenters. The van der Waals surface area contributed by atoms with Crippen LogP contribution in [-0.2, 0) is 16.5 Å². The highest BCUT2D eigenvalue weighted by Crippen LogP contribution is 2.35. The molecule has 0 radical (unpaired) electrons. The van der Waals surface area contributed by atoms with Crippen molar-refractivity contribution in [1.29, 1.82) is 0 Å². The quantitative estimate of drug-likeness (QED) is 0.539. The van der Waals surface area contributed by atoms with Gasteiger partial charge in [-0.2, -0.15) is 8.42 Å². The summed E-state index contributed by atoms with van der Waals surface area (Å²) < 4.78 is 38.4. The van der Waals surface area contributed by atoms with E-state index in [1.54, 1.807) is 30.3 Å². The van der Waals surface area contributed by atoms with Gasteiger partial charge < -0.3 is 9.84 Å². The Morgan fingerprint density at radius 3 is 2.38 bits per heavy atom. The van der Waals surface area contributed by atoms with Gasteiger partial charge in [0.25, 0.3) is 10.1 Å². The molecule has 2 aromatic rings. The first-order valence-corrected chi connectivity index (χ1v) is 9.42. The molecule has 0 fully saturated rings. The van der Waals surface area contributed by atoms with Crippen molar-refractivity contribution in [3.8, 4) is 17.2 Å². The van der Waals surface area contributed by atoms with E-state index >= 15 is 0 Å². The third-order valence-electron chi connectivity index (χ3n) is 3.69. The maximum Gasteiger partial charge on any atom is 0.298 e. The smallest absolute Gasteiger partial charge is 0.298 e. The van der Waals surface area contributed by atoms with Crippen LogP contribution in [0, 0.1) is 0 Å². The number of benzene rings is 2. The molecule has 2 N–H and O–H groups in total. The van der Waals surface area contributed by atoms with Gasteiger partial charge in [-0.25, -0.2) is 0 Å². The van der Waals surface area contributed by atoms with Crippen LogP contribution in [0.1, 0.15) is 38.2 Å². The summed E-state index contributed by atoms with van der Waals surface area (Å²) >= 11 is 0. The van der Waals surface area contributed by atoms with Crippen LogP contribution in [0.3, 0.4) is 0 Å². The van der Waals surface area contributed by atoms with E-state index < -0.39 is 10.1 Å². The summed E-state index contributed by atoms with van der Waals surface area (Å²) in [5.41, 5.74) is 0.485. The number of hydrogen-bond donors (Lipinski definition) is 2. The standard InChI is InChI=1S/C18H22O5S/c1-2-3-4-6-9-14-12-18(24(20,21)22)17(13-16(14)19)23-15-10-7-5-8-11-15/h5,7-8,10-13,19H,2-4,6,9H2,1H3,(H,20,21,22). The van der Waals surface area contributed by atoms with Crippen LogP contribution in [-0.4, -0.2) is 18.1 Å². The molecule has 0 bridgehead atoms. The molecular formula is C18H22O5S. The summed E-state index contributed by atoms with van der Waals surface area (Å²) in [6.45, 7) is 2.10. The highest BCUT2D eigenvalue weighted by atomic mass is 32.2. The van der Waals surface area contributed by atoms with Crippen LogP contribution in [0.5, 0.6) is 17.2 Å². The highest BCUT2D eigenvalue weighted by Gasteiger charge is 2.20. The molecule has 0 saturated carbocycles. The van der Waals surface area contributed by atoms with Gasteiger partial charge >= 0.3 is 0 Å². The predicted octanol–water partition coefficient (Wildman–Crippen LogP) is 4.55. The molecule has 0 amide bonds. The van der Waals surface area contributed by atoms with Crippen LogP contribution in [0.2, 0.25) is 0 Å². The first-order chi connectivity index (χ1) is 11.4. The Morgan fingerprint density at radius 1 is 1.04 bits per heavy atom. The van der Waals surface area contributed by atoms with Crippen LogP contribution < -0.4 is 4.74 Å². The lowest BCUT2D eigenvalue weighted by atomic mass is 10.1. The lowest BCUT2D eigenvalue weighted by Gasteiger charge is -2.13. The number of phenolic OH excluding ortho intramolecular Hbond substituents is 1. The van der Waals surface area contributed by atoms with Crippen LogP contribution >= 0.6 is 0 Å². The second-order valence-electron chi connectivity index (χ2n) is 5.63. The number of ether oxygens (including phenoxy) is 1. The molecule has 0 heterocycles. The fraction of sp³-hybridized carbons (Fsp3) is 0.333. The Bertz CT molecular complexity index is 769. The third kappa shape index (κ3) is 4.97. The van der Waals surface area contributed by atoms with Crippen molar-refractivity contribution in [2.24, 2.45) is 0 Å². The predicted molar refractivity (Wildman–Crippen MR) is 92.3 cm³/mol. The van der Waals surface area contributed by atoms with Gasteiger partial charge in [-0.05, 0) is 36.6 Å². The Kier molecular flexibility index (Phi) is 6.23. The second-order valence-corrected chi connectivity index (χ2v) is 7.02. The molecule has 0 spiro atoms. The number of para-hydroxylation sites is 1. The van der Waals surface area contributed by atoms with Crippen LogP contribution in [0.15, 0.2) is 47.4 Å². The SMILES string of the molecule is CCCCCCc1cc(S(=O)(=O)O)c(Oc2ccccc2)cc1O. The van der Waals surface area contributed by atoms with Crippen LogP contribution in [0.25, 0.3) is 0 Å². The first kappa shape index (κ1) is 18.3. The molecule has 0 unspecified atom stereocenters. The third-order valence-corrected chi connectivity index (χ3v) is 4.57. The lowest BCUT2D eigenvalue weighted by Crippen LogP contribution is -2.03. The van der Waals surface area contributed by atoms with Crippen molar-refractivity contribution in [2.75, 3.05) is 0 Å². The van der Waals surface area contributed by atoms with Crippen LogP contribution in [0.4, 0.5) is 0 Å². The molecule has 2 aromatic carbocycles. The van der Waals surface area contributed by atoms with Gasteiger partial charge in [-0.15, -0.1) is 0 Å². The minimum absolute atomic E-state index is 0.0372. The fourth-order valence-electron chi connectivity index (χ4n) is 2.43. The van der Waals surface area contributed by atoms with E-state index in [2.05, 4.69) is 6.92 Å². The summed E-state index contributed by atoms with van der Waals surface area (Å²) in [5, 5.41) is 10.2. The van der Waals surface area contributed by atoms with E-state index in [1.165, 1.54) is 12.1 Å². The molecule has 0 aromatic heterocycles. The number of unbranched alkanes of at least 4 members (excludes halogenated alkanes) is 3.